The van der Waals surface area contributed by atoms with Crippen molar-refractivity contribution in [2.75, 3.05) is 6.54 Å². The van der Waals surface area contributed by atoms with Crippen LogP contribution in [-0.2, 0) is 11.2 Å². The quantitative estimate of drug-likeness (QED) is 0.746. The van der Waals surface area contributed by atoms with Crippen molar-refractivity contribution in [3.63, 3.8) is 0 Å². The van der Waals surface area contributed by atoms with E-state index in [0.717, 1.165) is 5.56 Å². The summed E-state index contributed by atoms with van der Waals surface area (Å²) in [7, 11) is 0. The van der Waals surface area contributed by atoms with Crippen molar-refractivity contribution in [3.8, 4) is 0 Å². The van der Waals surface area contributed by atoms with Crippen LogP contribution in [0.4, 0.5) is 4.39 Å². The van der Waals surface area contributed by atoms with Gasteiger partial charge in [0.25, 0.3) is 0 Å². The number of thiocarbonyl (C=S) groups is 1. The number of amides is 1. The van der Waals surface area contributed by atoms with E-state index in [1.807, 2.05) is 0 Å². The Morgan fingerprint density at radius 1 is 1.40 bits per heavy atom. The Bertz CT molecular complexity index is 364. The highest BCUT2D eigenvalue weighted by Crippen LogP contribution is 2.03. The fourth-order valence-electron chi connectivity index (χ4n) is 1.04. The van der Waals surface area contributed by atoms with Gasteiger partial charge in [-0.15, -0.1) is 0 Å². The summed E-state index contributed by atoms with van der Waals surface area (Å²) in [5.74, 6) is -0.503. The number of rotatable bonds is 4. The lowest BCUT2D eigenvalue weighted by Crippen LogP contribution is -2.33. The number of halogens is 1. The molecule has 1 rings (SSSR count). The summed E-state index contributed by atoms with van der Waals surface area (Å²) in [5, 5.41) is 2.55. The molecule has 0 bridgehead atoms. The number of hydrogen-bond donors (Lipinski definition) is 2. The molecule has 0 atom stereocenters. The van der Waals surface area contributed by atoms with E-state index >= 15 is 0 Å². The van der Waals surface area contributed by atoms with Gasteiger partial charge in [-0.2, -0.15) is 0 Å². The smallest absolute Gasteiger partial charge is 0.224 e. The molecule has 0 unspecified atom stereocenters. The first-order valence-corrected chi connectivity index (χ1v) is 4.78. The van der Waals surface area contributed by atoms with E-state index in [1.165, 1.54) is 12.1 Å². The molecular formula is C10H11FN2OS. The highest BCUT2D eigenvalue weighted by Gasteiger charge is 2.03. The van der Waals surface area contributed by atoms with Crippen molar-refractivity contribution in [2.45, 2.75) is 6.42 Å². The second kappa shape index (κ2) is 5.41. The van der Waals surface area contributed by atoms with Gasteiger partial charge in [0, 0.05) is 0 Å². The molecule has 0 aromatic heterocycles. The van der Waals surface area contributed by atoms with Crippen LogP contribution in [-0.4, -0.2) is 17.4 Å². The predicted molar refractivity (Wildman–Crippen MR) is 59.9 cm³/mol. The van der Waals surface area contributed by atoms with Crippen LogP contribution in [0, 0.1) is 5.82 Å². The Morgan fingerprint density at radius 2 is 2.00 bits per heavy atom. The first-order chi connectivity index (χ1) is 7.08. The second-order valence-electron chi connectivity index (χ2n) is 3.05. The summed E-state index contributed by atoms with van der Waals surface area (Å²) in [6.07, 6.45) is 0.197. The van der Waals surface area contributed by atoms with Crippen molar-refractivity contribution in [3.05, 3.63) is 35.6 Å². The van der Waals surface area contributed by atoms with E-state index < -0.39 is 0 Å². The van der Waals surface area contributed by atoms with E-state index in [4.69, 9.17) is 5.73 Å². The summed E-state index contributed by atoms with van der Waals surface area (Å²) in [6, 6.07) is 5.76. The molecule has 3 N–H and O–H groups in total. The van der Waals surface area contributed by atoms with Crippen LogP contribution in [0.15, 0.2) is 24.3 Å². The van der Waals surface area contributed by atoms with Crippen LogP contribution in [0.25, 0.3) is 0 Å². The Kier molecular flexibility index (Phi) is 4.17. The first-order valence-electron chi connectivity index (χ1n) is 4.37. The molecule has 0 aliphatic rings. The molecule has 80 valence electrons. The number of benzene rings is 1. The van der Waals surface area contributed by atoms with Gasteiger partial charge in [0.05, 0.1) is 18.0 Å². The molecule has 5 heteroatoms. The van der Waals surface area contributed by atoms with Gasteiger partial charge >= 0.3 is 0 Å². The molecule has 0 fully saturated rings. The molecular weight excluding hydrogens is 215 g/mol. The molecule has 3 nitrogen and oxygen atoms in total. The van der Waals surface area contributed by atoms with Gasteiger partial charge < -0.3 is 11.1 Å². The summed E-state index contributed by atoms with van der Waals surface area (Å²) in [6.45, 7) is 0.190. The highest BCUT2D eigenvalue weighted by atomic mass is 32.1. The summed E-state index contributed by atoms with van der Waals surface area (Å²) in [4.78, 5) is 11.5. The standard InChI is InChI=1S/C10H11FN2OS/c11-8-3-1-7(2-4-8)5-10(14)13-6-9(12)15/h1-4H,5-6H2,(H2,12,15)(H,13,14). The van der Waals surface area contributed by atoms with Gasteiger partial charge in [-0.25, -0.2) is 4.39 Å². The molecule has 0 spiro atoms. The van der Waals surface area contributed by atoms with Gasteiger partial charge in [0.2, 0.25) is 5.91 Å². The molecule has 0 aliphatic carbocycles. The first kappa shape index (κ1) is 11.6. The Labute approximate surface area is 92.5 Å². The Balaban J connectivity index is 2.44. The van der Waals surface area contributed by atoms with Gasteiger partial charge in [-0.1, -0.05) is 24.4 Å². The van der Waals surface area contributed by atoms with Gasteiger partial charge in [0.1, 0.15) is 5.82 Å². The van der Waals surface area contributed by atoms with E-state index in [0.29, 0.717) is 0 Å². The average molecular weight is 226 g/mol. The van der Waals surface area contributed by atoms with Gasteiger partial charge in [-0.3, -0.25) is 4.79 Å². The molecule has 1 aromatic carbocycles. The van der Waals surface area contributed by atoms with Gasteiger partial charge in [0.15, 0.2) is 0 Å². The van der Waals surface area contributed by atoms with E-state index in [-0.39, 0.29) is 29.7 Å². The maximum absolute atomic E-state index is 12.5. The molecule has 0 radical (unpaired) electrons. The summed E-state index contributed by atoms with van der Waals surface area (Å²) >= 11 is 4.61. The molecule has 0 saturated carbocycles. The van der Waals surface area contributed by atoms with Crippen molar-refractivity contribution in [2.24, 2.45) is 5.73 Å². The molecule has 1 amide bonds. The Hall–Kier alpha value is -1.49. The summed E-state index contributed by atoms with van der Waals surface area (Å²) in [5.41, 5.74) is 5.97. The minimum absolute atomic E-state index is 0.186. The van der Waals surface area contributed by atoms with Crippen LogP contribution in [0.2, 0.25) is 0 Å². The monoisotopic (exact) mass is 226 g/mol. The maximum atomic E-state index is 12.5. The minimum Gasteiger partial charge on any atom is -0.392 e. The Morgan fingerprint density at radius 3 is 2.53 bits per heavy atom. The molecule has 15 heavy (non-hydrogen) atoms. The maximum Gasteiger partial charge on any atom is 0.224 e. The number of carbonyl (C=O) groups is 1. The normalized spacial score (nSPS) is 9.67. The lowest BCUT2D eigenvalue weighted by atomic mass is 10.1. The topological polar surface area (TPSA) is 55.1 Å². The SMILES string of the molecule is NC(=S)CNC(=O)Cc1ccc(F)cc1. The van der Waals surface area contributed by atoms with Gasteiger partial charge in [-0.05, 0) is 17.7 Å². The number of carbonyl (C=O) groups excluding carboxylic acids is 1. The van der Waals surface area contributed by atoms with E-state index in [9.17, 15) is 9.18 Å². The zero-order valence-corrected chi connectivity index (χ0v) is 8.81. The largest absolute Gasteiger partial charge is 0.392 e. The molecule has 0 aliphatic heterocycles. The van der Waals surface area contributed by atoms with Crippen molar-refractivity contribution >= 4 is 23.1 Å². The lowest BCUT2D eigenvalue weighted by molar-refractivity contribution is -0.120. The van der Waals surface area contributed by atoms with E-state index in [1.54, 1.807) is 12.1 Å². The van der Waals surface area contributed by atoms with Crippen molar-refractivity contribution < 1.29 is 9.18 Å². The number of nitrogens with two attached hydrogens (primary N) is 1. The fourth-order valence-corrected chi connectivity index (χ4v) is 1.11. The number of hydrogen-bond acceptors (Lipinski definition) is 2. The third-order valence-corrected chi connectivity index (χ3v) is 1.88. The summed E-state index contributed by atoms with van der Waals surface area (Å²) < 4.78 is 12.5. The van der Waals surface area contributed by atoms with Crippen LogP contribution in [0.3, 0.4) is 0 Å². The van der Waals surface area contributed by atoms with E-state index in [2.05, 4.69) is 17.5 Å². The average Bonchev–Trinajstić information content (AvgIpc) is 2.19. The second-order valence-corrected chi connectivity index (χ2v) is 3.57. The lowest BCUT2D eigenvalue weighted by Gasteiger charge is -2.03. The molecule has 0 heterocycles. The van der Waals surface area contributed by atoms with Crippen LogP contribution in [0.1, 0.15) is 5.56 Å². The number of nitrogens with one attached hydrogen (secondary N) is 1. The predicted octanol–water partition coefficient (Wildman–Crippen LogP) is 0.771. The molecule has 0 saturated heterocycles. The molecule has 1 aromatic rings. The van der Waals surface area contributed by atoms with Crippen LogP contribution >= 0.6 is 12.2 Å². The van der Waals surface area contributed by atoms with Crippen LogP contribution < -0.4 is 11.1 Å². The third kappa shape index (κ3) is 4.51. The minimum atomic E-state index is -0.317. The zero-order valence-electron chi connectivity index (χ0n) is 8.00. The van der Waals surface area contributed by atoms with Crippen molar-refractivity contribution in [1.29, 1.82) is 0 Å². The third-order valence-electron chi connectivity index (χ3n) is 1.74. The highest BCUT2D eigenvalue weighted by molar-refractivity contribution is 7.80. The van der Waals surface area contributed by atoms with Crippen molar-refractivity contribution in [1.82, 2.24) is 5.32 Å². The zero-order chi connectivity index (χ0) is 11.3. The van der Waals surface area contributed by atoms with Crippen LogP contribution in [0.5, 0.6) is 0 Å². The fraction of sp³-hybridized carbons (Fsp3) is 0.200.